The Bertz CT molecular complexity index is 1070. The maximum Gasteiger partial charge on any atom is 0.410 e. The molecule has 0 radical (unpaired) electrons. The van der Waals surface area contributed by atoms with Gasteiger partial charge in [-0.25, -0.2) is 9.59 Å². The Balaban J connectivity index is 1.29. The molecule has 4 amide bonds. The van der Waals surface area contributed by atoms with Crippen LogP contribution in [0.5, 0.6) is 0 Å². The maximum atomic E-state index is 12.9. The van der Waals surface area contributed by atoms with Gasteiger partial charge in [0.05, 0.1) is 0 Å². The average Bonchev–Trinajstić information content (AvgIpc) is 3.55. The molecule has 2 heterocycles. The predicted molar refractivity (Wildman–Crippen MR) is 153 cm³/mol. The quantitative estimate of drug-likeness (QED) is 0.496. The largest absolute Gasteiger partial charge is 0.444 e. The number of benzene rings is 1. The van der Waals surface area contributed by atoms with Gasteiger partial charge in [0, 0.05) is 69.0 Å². The molecule has 1 aromatic rings. The van der Waals surface area contributed by atoms with Crippen molar-refractivity contribution in [2.75, 3.05) is 44.6 Å². The second-order valence-corrected chi connectivity index (χ2v) is 12.9. The first-order valence-electron chi connectivity index (χ1n) is 14.2. The number of hydrogen-bond donors (Lipinski definition) is 2. The Morgan fingerprint density at radius 2 is 1.79 bits per heavy atom. The number of urea groups is 1. The van der Waals surface area contributed by atoms with Crippen LogP contribution in [0.1, 0.15) is 64.5 Å². The third-order valence-electron chi connectivity index (χ3n) is 7.77. The van der Waals surface area contributed by atoms with Crippen molar-refractivity contribution < 1.29 is 19.1 Å². The summed E-state index contributed by atoms with van der Waals surface area (Å²) in [5, 5.41) is 6.72. The van der Waals surface area contributed by atoms with Gasteiger partial charge < -0.3 is 25.2 Å². The van der Waals surface area contributed by atoms with E-state index in [1.807, 2.05) is 38.7 Å². The van der Waals surface area contributed by atoms with Gasteiger partial charge in [0.15, 0.2) is 0 Å². The topological polar surface area (TPSA) is 94.2 Å². The number of amides is 4. The monoisotopic (exact) mass is 561 g/mol. The molecular formula is C29H44ClN5O4. The number of likely N-dealkylation sites (tertiary alicyclic amines) is 1. The Hall–Kier alpha value is -2.52. The number of nitrogens with zero attached hydrogens (tertiary/aromatic N) is 3. The van der Waals surface area contributed by atoms with E-state index >= 15 is 0 Å². The van der Waals surface area contributed by atoms with Gasteiger partial charge in [-0.3, -0.25) is 9.69 Å². The predicted octanol–water partition coefficient (Wildman–Crippen LogP) is 4.86. The number of rotatable bonds is 7. The van der Waals surface area contributed by atoms with Gasteiger partial charge in [-0.2, -0.15) is 0 Å². The van der Waals surface area contributed by atoms with Crippen LogP contribution in [0, 0.1) is 18.8 Å². The number of carbonyl (C=O) groups is 3. The molecule has 0 spiro atoms. The minimum Gasteiger partial charge on any atom is -0.444 e. The first-order chi connectivity index (χ1) is 18.4. The molecule has 0 aromatic heterocycles. The molecule has 2 saturated heterocycles. The highest BCUT2D eigenvalue weighted by Crippen LogP contribution is 2.29. The number of hydrogen-bond acceptors (Lipinski definition) is 5. The van der Waals surface area contributed by atoms with E-state index in [-0.39, 0.29) is 30.0 Å². The Labute approximate surface area is 237 Å². The van der Waals surface area contributed by atoms with Crippen LogP contribution in [0.25, 0.3) is 0 Å². The minimum atomic E-state index is -0.538. The third kappa shape index (κ3) is 8.48. The zero-order chi connectivity index (χ0) is 28.3. The van der Waals surface area contributed by atoms with Crippen molar-refractivity contribution in [3.8, 4) is 0 Å². The standard InChI is InChI=1S/C29H44ClN5O4/c1-19-16-33(10-11-35(19)27(37)31-15-21-6-7-21)18-23-13-24(30)14-25(20(23)2)32-26(36)12-22-8-9-34(17-22)28(38)39-29(3,4)5/h13-14,19,21-22H,6-12,15-18H2,1-5H3,(H,31,37)(H,32,36)/t19-,22?/m0/s1. The second kappa shape index (κ2) is 12.3. The number of anilines is 1. The summed E-state index contributed by atoms with van der Waals surface area (Å²) in [6, 6.07) is 3.91. The van der Waals surface area contributed by atoms with E-state index in [1.165, 1.54) is 12.8 Å². The van der Waals surface area contributed by atoms with E-state index < -0.39 is 5.60 Å². The van der Waals surface area contributed by atoms with Crippen molar-refractivity contribution in [3.63, 3.8) is 0 Å². The Morgan fingerprint density at radius 1 is 1.05 bits per heavy atom. The van der Waals surface area contributed by atoms with Crippen LogP contribution >= 0.6 is 11.6 Å². The van der Waals surface area contributed by atoms with Gasteiger partial charge >= 0.3 is 12.1 Å². The van der Waals surface area contributed by atoms with Crippen LogP contribution in [0.15, 0.2) is 12.1 Å². The van der Waals surface area contributed by atoms with Gasteiger partial charge in [0.25, 0.3) is 0 Å². The van der Waals surface area contributed by atoms with Gasteiger partial charge in [-0.1, -0.05) is 11.6 Å². The highest BCUT2D eigenvalue weighted by atomic mass is 35.5. The molecule has 2 N–H and O–H groups in total. The van der Waals surface area contributed by atoms with E-state index in [0.29, 0.717) is 43.5 Å². The molecule has 1 unspecified atom stereocenters. The fourth-order valence-corrected chi connectivity index (χ4v) is 5.60. The van der Waals surface area contributed by atoms with Crippen LogP contribution in [0.2, 0.25) is 5.02 Å². The maximum absolute atomic E-state index is 12.9. The molecule has 4 rings (SSSR count). The number of carbonyl (C=O) groups excluding carboxylic acids is 3. The molecule has 0 bridgehead atoms. The van der Waals surface area contributed by atoms with Crippen LogP contribution in [-0.4, -0.2) is 83.6 Å². The lowest BCUT2D eigenvalue weighted by Crippen LogP contribution is -2.56. The lowest BCUT2D eigenvalue weighted by molar-refractivity contribution is -0.117. The number of nitrogens with one attached hydrogen (secondary N) is 2. The number of halogens is 1. The van der Waals surface area contributed by atoms with Gasteiger partial charge in [0.1, 0.15) is 5.60 Å². The first kappa shape index (κ1) is 29.5. The SMILES string of the molecule is Cc1c(CN2CCN(C(=O)NCC3CC3)[C@@H](C)C2)cc(Cl)cc1NC(=O)CC1CCN(C(=O)OC(C)(C)C)C1. The first-order valence-corrected chi connectivity index (χ1v) is 14.6. The smallest absolute Gasteiger partial charge is 0.410 e. The summed E-state index contributed by atoms with van der Waals surface area (Å²) < 4.78 is 5.47. The Kier molecular flexibility index (Phi) is 9.32. The van der Waals surface area contributed by atoms with E-state index in [1.54, 1.807) is 11.0 Å². The summed E-state index contributed by atoms with van der Waals surface area (Å²) in [5.74, 6) is 0.675. The second-order valence-electron chi connectivity index (χ2n) is 12.5. The molecule has 2 aliphatic heterocycles. The van der Waals surface area contributed by atoms with E-state index in [4.69, 9.17) is 16.3 Å². The molecule has 1 aromatic carbocycles. The zero-order valence-corrected chi connectivity index (χ0v) is 24.8. The normalized spacial score (nSPS) is 22.1. The summed E-state index contributed by atoms with van der Waals surface area (Å²) >= 11 is 6.47. The lowest BCUT2D eigenvalue weighted by atomic mass is 10.0. The van der Waals surface area contributed by atoms with Crippen molar-refractivity contribution in [2.24, 2.45) is 11.8 Å². The average molecular weight is 562 g/mol. The fraction of sp³-hybridized carbons (Fsp3) is 0.690. The van der Waals surface area contributed by atoms with E-state index in [9.17, 15) is 14.4 Å². The number of ether oxygens (including phenoxy) is 1. The summed E-state index contributed by atoms with van der Waals surface area (Å²) in [5.41, 5.74) is 2.24. The van der Waals surface area contributed by atoms with E-state index in [0.717, 1.165) is 42.9 Å². The molecule has 1 aliphatic carbocycles. The molecule has 10 heteroatoms. The fourth-order valence-electron chi connectivity index (χ4n) is 5.36. The minimum absolute atomic E-state index is 0.0365. The molecular weight excluding hydrogens is 518 g/mol. The molecule has 1 saturated carbocycles. The van der Waals surface area contributed by atoms with Gasteiger partial charge in [0.2, 0.25) is 5.91 Å². The molecule has 2 atom stereocenters. The molecule has 3 fully saturated rings. The summed E-state index contributed by atoms with van der Waals surface area (Å²) in [6.45, 7) is 14.5. The molecule has 216 valence electrons. The van der Waals surface area contributed by atoms with Crippen LogP contribution in [0.3, 0.4) is 0 Å². The summed E-state index contributed by atoms with van der Waals surface area (Å²) in [7, 11) is 0. The van der Waals surface area contributed by atoms with Crippen molar-refractivity contribution in [3.05, 3.63) is 28.3 Å². The van der Waals surface area contributed by atoms with Gasteiger partial charge in [-0.05, 0) is 89.0 Å². The van der Waals surface area contributed by atoms with Crippen molar-refractivity contribution in [2.45, 2.75) is 78.5 Å². The van der Waals surface area contributed by atoms with Crippen LogP contribution in [0.4, 0.5) is 15.3 Å². The summed E-state index contributed by atoms with van der Waals surface area (Å²) in [6.07, 6.45) is 3.23. The third-order valence-corrected chi connectivity index (χ3v) is 7.99. The zero-order valence-electron chi connectivity index (χ0n) is 24.0. The lowest BCUT2D eigenvalue weighted by Gasteiger charge is -2.40. The molecule has 9 nitrogen and oxygen atoms in total. The van der Waals surface area contributed by atoms with Crippen molar-refractivity contribution in [1.82, 2.24) is 20.0 Å². The Morgan fingerprint density at radius 3 is 2.46 bits per heavy atom. The van der Waals surface area contributed by atoms with Gasteiger partial charge in [-0.15, -0.1) is 0 Å². The molecule has 39 heavy (non-hydrogen) atoms. The number of piperazine rings is 1. The van der Waals surface area contributed by atoms with E-state index in [2.05, 4.69) is 22.5 Å². The molecule has 3 aliphatic rings. The highest BCUT2D eigenvalue weighted by Gasteiger charge is 2.32. The van der Waals surface area contributed by atoms with Crippen molar-refractivity contribution in [1.29, 1.82) is 0 Å². The van der Waals surface area contributed by atoms with Crippen LogP contribution < -0.4 is 10.6 Å². The van der Waals surface area contributed by atoms with Crippen LogP contribution in [-0.2, 0) is 16.1 Å². The summed E-state index contributed by atoms with van der Waals surface area (Å²) in [4.78, 5) is 43.8. The highest BCUT2D eigenvalue weighted by molar-refractivity contribution is 6.31. The van der Waals surface area contributed by atoms with Crippen molar-refractivity contribution >= 4 is 35.3 Å².